The Bertz CT molecular complexity index is 592. The Labute approximate surface area is 113 Å². The summed E-state index contributed by atoms with van der Waals surface area (Å²) in [5.41, 5.74) is 9.35. The number of hydrogen-bond donors (Lipinski definition) is 1. The summed E-state index contributed by atoms with van der Waals surface area (Å²) in [6, 6.07) is 5.69. The van der Waals surface area contributed by atoms with E-state index in [1.165, 1.54) is 11.3 Å². The van der Waals surface area contributed by atoms with Gasteiger partial charge in [-0.3, -0.25) is 0 Å². The fourth-order valence-corrected chi connectivity index (χ4v) is 3.17. The van der Waals surface area contributed by atoms with Gasteiger partial charge in [0.15, 0.2) is 0 Å². The van der Waals surface area contributed by atoms with Gasteiger partial charge in [0, 0.05) is 20.8 Å². The molecule has 1 aliphatic rings. The van der Waals surface area contributed by atoms with Gasteiger partial charge >= 0.3 is 0 Å². The van der Waals surface area contributed by atoms with E-state index < -0.39 is 0 Å². The van der Waals surface area contributed by atoms with Crippen LogP contribution in [0, 0.1) is 0 Å². The smallest absolute Gasteiger partial charge is 0.149 e. The summed E-state index contributed by atoms with van der Waals surface area (Å²) in [5.74, 6) is 0.652. The van der Waals surface area contributed by atoms with E-state index in [1.807, 2.05) is 22.9 Å². The molecule has 0 amide bonds. The molecule has 1 heterocycles. The van der Waals surface area contributed by atoms with Gasteiger partial charge in [0.1, 0.15) is 5.82 Å². The fourth-order valence-electron chi connectivity index (χ4n) is 2.32. The van der Waals surface area contributed by atoms with Crippen LogP contribution in [0.2, 0.25) is 5.02 Å². The highest BCUT2D eigenvalue weighted by molar-refractivity contribution is 9.10. The molecule has 1 aromatic heterocycles. The number of fused-ring (bicyclic) bond motifs is 1. The molecule has 0 saturated heterocycles. The minimum Gasteiger partial charge on any atom is -0.382 e. The van der Waals surface area contributed by atoms with E-state index in [9.17, 15) is 0 Å². The molecule has 0 fully saturated rings. The Morgan fingerprint density at radius 3 is 2.94 bits per heavy atom. The number of nitrogens with two attached hydrogens (primary N) is 1. The number of rotatable bonds is 1. The maximum atomic E-state index is 5.94. The van der Waals surface area contributed by atoms with Crippen molar-refractivity contribution in [1.29, 1.82) is 0 Å². The first-order valence-corrected chi connectivity index (χ1v) is 6.65. The average Bonchev–Trinajstić information content (AvgIpc) is 2.84. The molecule has 0 aliphatic heterocycles. The summed E-state index contributed by atoms with van der Waals surface area (Å²) in [7, 11) is 0. The van der Waals surface area contributed by atoms with Crippen molar-refractivity contribution in [2.75, 3.05) is 5.73 Å². The third kappa shape index (κ3) is 1.76. The molecular formula is C12H11BrClN3. The van der Waals surface area contributed by atoms with E-state index in [0.29, 0.717) is 10.8 Å². The zero-order valence-electron chi connectivity index (χ0n) is 9.08. The van der Waals surface area contributed by atoms with Gasteiger partial charge in [-0.2, -0.15) is 5.10 Å². The molecule has 1 aliphatic carbocycles. The number of halogens is 2. The highest BCUT2D eigenvalue weighted by Crippen LogP contribution is 2.32. The van der Waals surface area contributed by atoms with Crippen molar-refractivity contribution in [3.05, 3.63) is 39.0 Å². The van der Waals surface area contributed by atoms with Crippen LogP contribution in [0.4, 0.5) is 5.82 Å². The van der Waals surface area contributed by atoms with Gasteiger partial charge in [0.2, 0.25) is 0 Å². The Hall–Kier alpha value is -1.000. The van der Waals surface area contributed by atoms with E-state index in [-0.39, 0.29) is 0 Å². The summed E-state index contributed by atoms with van der Waals surface area (Å²) < 4.78 is 2.86. The molecule has 0 saturated carbocycles. The first-order valence-electron chi connectivity index (χ1n) is 5.48. The number of benzene rings is 1. The standard InChI is InChI=1S/C12H11BrClN3/c13-9-6-7(14)4-5-11(9)17-10-3-1-2-8(10)12(15)16-17/h4-6H,1-3H2,(H2,15,16). The second-order valence-corrected chi connectivity index (χ2v) is 5.46. The molecule has 17 heavy (non-hydrogen) atoms. The molecule has 0 bridgehead atoms. The summed E-state index contributed by atoms with van der Waals surface area (Å²) >= 11 is 9.46. The third-order valence-electron chi connectivity index (χ3n) is 3.10. The van der Waals surface area contributed by atoms with Crippen molar-refractivity contribution in [3.63, 3.8) is 0 Å². The number of anilines is 1. The molecule has 3 nitrogen and oxygen atoms in total. The van der Waals surface area contributed by atoms with E-state index >= 15 is 0 Å². The lowest BCUT2D eigenvalue weighted by atomic mass is 10.2. The van der Waals surface area contributed by atoms with E-state index in [1.54, 1.807) is 0 Å². The predicted molar refractivity (Wildman–Crippen MR) is 72.7 cm³/mol. The zero-order chi connectivity index (χ0) is 12.0. The first-order chi connectivity index (χ1) is 8.16. The van der Waals surface area contributed by atoms with Gasteiger partial charge in [-0.05, 0) is 53.4 Å². The van der Waals surface area contributed by atoms with Crippen LogP contribution in [0.3, 0.4) is 0 Å². The average molecular weight is 313 g/mol. The van der Waals surface area contributed by atoms with Crippen LogP contribution >= 0.6 is 27.5 Å². The van der Waals surface area contributed by atoms with E-state index in [2.05, 4.69) is 21.0 Å². The summed E-state index contributed by atoms with van der Waals surface area (Å²) in [6.45, 7) is 0. The Morgan fingerprint density at radius 2 is 2.18 bits per heavy atom. The monoisotopic (exact) mass is 311 g/mol. The van der Waals surface area contributed by atoms with Crippen LogP contribution in [-0.4, -0.2) is 9.78 Å². The molecule has 2 aromatic rings. The number of hydrogen-bond acceptors (Lipinski definition) is 2. The van der Waals surface area contributed by atoms with Crippen LogP contribution in [0.1, 0.15) is 17.7 Å². The zero-order valence-corrected chi connectivity index (χ0v) is 11.4. The van der Waals surface area contributed by atoms with E-state index in [0.717, 1.165) is 29.4 Å². The van der Waals surface area contributed by atoms with Crippen LogP contribution in [0.25, 0.3) is 5.69 Å². The highest BCUT2D eigenvalue weighted by Gasteiger charge is 2.22. The molecule has 88 valence electrons. The molecule has 5 heteroatoms. The topological polar surface area (TPSA) is 43.8 Å². The second kappa shape index (κ2) is 4.03. The molecule has 0 spiro atoms. The Kier molecular flexibility index (Phi) is 2.64. The number of aromatic nitrogens is 2. The Balaban J connectivity index is 2.19. The molecule has 3 rings (SSSR count). The van der Waals surface area contributed by atoms with Crippen LogP contribution in [-0.2, 0) is 12.8 Å². The molecule has 1 aromatic carbocycles. The van der Waals surface area contributed by atoms with E-state index in [4.69, 9.17) is 17.3 Å². The minimum absolute atomic E-state index is 0.652. The van der Waals surface area contributed by atoms with Crippen molar-refractivity contribution in [2.24, 2.45) is 0 Å². The van der Waals surface area contributed by atoms with Crippen molar-refractivity contribution in [1.82, 2.24) is 9.78 Å². The molecule has 0 unspecified atom stereocenters. The van der Waals surface area contributed by atoms with Crippen molar-refractivity contribution < 1.29 is 0 Å². The second-order valence-electron chi connectivity index (χ2n) is 4.17. The highest BCUT2D eigenvalue weighted by atomic mass is 79.9. The van der Waals surface area contributed by atoms with Gasteiger partial charge in [0.05, 0.1) is 5.69 Å². The number of nitrogen functional groups attached to an aromatic ring is 1. The van der Waals surface area contributed by atoms with Crippen molar-refractivity contribution >= 4 is 33.3 Å². The summed E-state index contributed by atoms with van der Waals surface area (Å²) in [6.07, 6.45) is 3.23. The Morgan fingerprint density at radius 1 is 1.35 bits per heavy atom. The van der Waals surface area contributed by atoms with Crippen LogP contribution in [0.5, 0.6) is 0 Å². The SMILES string of the molecule is Nc1nn(-c2ccc(Cl)cc2Br)c2c1CCC2. The third-order valence-corrected chi connectivity index (χ3v) is 3.97. The maximum absolute atomic E-state index is 5.94. The summed E-state index contributed by atoms with van der Waals surface area (Å²) in [5, 5.41) is 5.12. The lowest BCUT2D eigenvalue weighted by Gasteiger charge is -2.08. The lowest BCUT2D eigenvalue weighted by molar-refractivity contribution is 0.786. The molecule has 2 N–H and O–H groups in total. The number of nitrogens with zero attached hydrogens (tertiary/aromatic N) is 2. The van der Waals surface area contributed by atoms with Crippen molar-refractivity contribution in [3.8, 4) is 5.69 Å². The minimum atomic E-state index is 0.652. The van der Waals surface area contributed by atoms with Crippen LogP contribution < -0.4 is 5.73 Å². The normalized spacial score (nSPS) is 14.0. The molecular weight excluding hydrogens is 302 g/mol. The first kappa shape index (κ1) is 11.1. The van der Waals surface area contributed by atoms with Gasteiger partial charge in [-0.1, -0.05) is 11.6 Å². The van der Waals surface area contributed by atoms with Gasteiger partial charge in [0.25, 0.3) is 0 Å². The maximum Gasteiger partial charge on any atom is 0.149 e. The summed E-state index contributed by atoms with van der Waals surface area (Å²) in [4.78, 5) is 0. The quantitative estimate of drug-likeness (QED) is 0.877. The molecule has 0 radical (unpaired) electrons. The molecule has 0 atom stereocenters. The fraction of sp³-hybridized carbons (Fsp3) is 0.250. The predicted octanol–water partition coefficient (Wildman–Crippen LogP) is 3.36. The van der Waals surface area contributed by atoms with Crippen LogP contribution in [0.15, 0.2) is 22.7 Å². The largest absolute Gasteiger partial charge is 0.382 e. The van der Waals surface area contributed by atoms with Gasteiger partial charge in [-0.25, -0.2) is 4.68 Å². The lowest BCUT2D eigenvalue weighted by Crippen LogP contribution is -2.02. The van der Waals surface area contributed by atoms with Gasteiger partial charge in [-0.15, -0.1) is 0 Å². The van der Waals surface area contributed by atoms with Crippen molar-refractivity contribution in [2.45, 2.75) is 19.3 Å². The van der Waals surface area contributed by atoms with Gasteiger partial charge < -0.3 is 5.73 Å².